The fraction of sp³-hybridized carbons (Fsp3) is 0.0870. The van der Waals surface area contributed by atoms with E-state index in [1.54, 1.807) is 0 Å². The monoisotopic (exact) mass is 466 g/mol. The molecule has 0 spiro atoms. The van der Waals surface area contributed by atoms with Crippen LogP contribution in [0.1, 0.15) is 21.5 Å². The number of anilines is 2. The fourth-order valence-electron chi connectivity index (χ4n) is 3.12. The second-order valence-corrected chi connectivity index (χ2v) is 9.00. The highest BCUT2D eigenvalue weighted by Crippen LogP contribution is 2.24. The summed E-state index contributed by atoms with van der Waals surface area (Å²) in [7, 11) is -3.89. The minimum atomic E-state index is -3.89. The summed E-state index contributed by atoms with van der Waals surface area (Å²) >= 11 is 0. The predicted octanol–water partition coefficient (Wildman–Crippen LogP) is 4.55. The van der Waals surface area contributed by atoms with Crippen LogP contribution >= 0.6 is 0 Å². The SMILES string of the molecule is Cc1ccc(-c2nnc(NC(=O)c3ccc(NS(=O)(=O)c4ccc(F)cc4)cc3)o2)c(C)c1. The molecule has 0 aliphatic rings. The van der Waals surface area contributed by atoms with Crippen molar-refractivity contribution in [1.29, 1.82) is 0 Å². The van der Waals surface area contributed by atoms with E-state index in [9.17, 15) is 17.6 Å². The van der Waals surface area contributed by atoms with Crippen LogP contribution in [0.25, 0.3) is 11.5 Å². The summed E-state index contributed by atoms with van der Waals surface area (Å²) in [6.07, 6.45) is 0. The number of carbonyl (C=O) groups excluding carboxylic acids is 1. The van der Waals surface area contributed by atoms with Crippen molar-refractivity contribution in [2.24, 2.45) is 0 Å². The van der Waals surface area contributed by atoms with E-state index in [1.165, 1.54) is 24.3 Å². The number of carbonyl (C=O) groups is 1. The lowest BCUT2D eigenvalue weighted by Gasteiger charge is -2.08. The average Bonchev–Trinajstić information content (AvgIpc) is 3.22. The third-order valence-electron chi connectivity index (χ3n) is 4.78. The summed E-state index contributed by atoms with van der Waals surface area (Å²) in [6, 6.07) is 15.9. The first-order chi connectivity index (χ1) is 15.7. The summed E-state index contributed by atoms with van der Waals surface area (Å²) in [4.78, 5) is 12.4. The van der Waals surface area contributed by atoms with Crippen molar-refractivity contribution in [3.63, 3.8) is 0 Å². The van der Waals surface area contributed by atoms with Crippen molar-refractivity contribution in [3.8, 4) is 11.5 Å². The molecule has 0 unspecified atom stereocenters. The van der Waals surface area contributed by atoms with E-state index in [4.69, 9.17) is 4.42 Å². The Bertz CT molecular complexity index is 1420. The number of hydrogen-bond acceptors (Lipinski definition) is 6. The maximum Gasteiger partial charge on any atom is 0.322 e. The van der Waals surface area contributed by atoms with Gasteiger partial charge in [0, 0.05) is 16.8 Å². The van der Waals surface area contributed by atoms with E-state index in [0.29, 0.717) is 0 Å². The lowest BCUT2D eigenvalue weighted by atomic mass is 10.1. The fourth-order valence-corrected chi connectivity index (χ4v) is 4.18. The minimum Gasteiger partial charge on any atom is -0.403 e. The van der Waals surface area contributed by atoms with Gasteiger partial charge in [0.25, 0.3) is 15.9 Å². The molecule has 1 amide bonds. The summed E-state index contributed by atoms with van der Waals surface area (Å²) in [5.41, 5.74) is 3.34. The Kier molecular flexibility index (Phi) is 5.93. The molecule has 2 N–H and O–H groups in total. The third-order valence-corrected chi connectivity index (χ3v) is 6.18. The van der Waals surface area contributed by atoms with Crippen molar-refractivity contribution in [2.75, 3.05) is 10.0 Å². The highest BCUT2D eigenvalue weighted by molar-refractivity contribution is 7.92. The normalized spacial score (nSPS) is 11.2. The average molecular weight is 466 g/mol. The van der Waals surface area contributed by atoms with Crippen molar-refractivity contribution in [1.82, 2.24) is 10.2 Å². The number of rotatable bonds is 6. The van der Waals surface area contributed by atoms with E-state index < -0.39 is 21.7 Å². The topological polar surface area (TPSA) is 114 Å². The standard InChI is InChI=1S/C23H19FN4O4S/c1-14-3-12-20(15(2)13-14)22-26-27-23(32-22)25-21(29)16-4-8-18(9-5-16)28-33(30,31)19-10-6-17(24)7-11-19/h3-13,28H,1-2H3,(H,25,27,29). The van der Waals surface area contributed by atoms with Gasteiger partial charge in [-0.2, -0.15) is 0 Å². The number of hydrogen-bond donors (Lipinski definition) is 2. The van der Waals surface area contributed by atoms with E-state index in [2.05, 4.69) is 20.2 Å². The van der Waals surface area contributed by atoms with Gasteiger partial charge in [-0.3, -0.25) is 14.8 Å². The molecule has 0 fully saturated rings. The summed E-state index contributed by atoms with van der Waals surface area (Å²) in [5.74, 6) is -0.751. The molecule has 0 saturated carbocycles. The lowest BCUT2D eigenvalue weighted by Crippen LogP contribution is -2.14. The zero-order valence-corrected chi connectivity index (χ0v) is 18.5. The number of benzene rings is 3. The Morgan fingerprint density at radius 2 is 1.64 bits per heavy atom. The molecule has 0 radical (unpaired) electrons. The number of sulfonamides is 1. The maximum atomic E-state index is 13.0. The zero-order chi connectivity index (χ0) is 23.6. The Morgan fingerprint density at radius 1 is 0.939 bits per heavy atom. The first-order valence-electron chi connectivity index (χ1n) is 9.82. The summed E-state index contributed by atoms with van der Waals surface area (Å²) in [6.45, 7) is 3.91. The molecule has 4 rings (SSSR count). The van der Waals surface area contributed by atoms with Gasteiger partial charge in [-0.15, -0.1) is 5.10 Å². The molecule has 8 nitrogen and oxygen atoms in total. The number of nitrogens with one attached hydrogen (secondary N) is 2. The van der Waals surface area contributed by atoms with Gasteiger partial charge in [-0.05, 0) is 74.0 Å². The van der Waals surface area contributed by atoms with Crippen molar-refractivity contribution in [2.45, 2.75) is 18.7 Å². The van der Waals surface area contributed by atoms with Crippen LogP contribution in [0, 0.1) is 19.7 Å². The van der Waals surface area contributed by atoms with Gasteiger partial charge < -0.3 is 4.42 Å². The smallest absolute Gasteiger partial charge is 0.322 e. The van der Waals surface area contributed by atoms with E-state index in [-0.39, 0.29) is 28.1 Å². The van der Waals surface area contributed by atoms with Crippen LogP contribution in [-0.2, 0) is 10.0 Å². The Morgan fingerprint density at radius 3 is 2.30 bits per heavy atom. The second kappa shape index (κ2) is 8.83. The molecule has 0 saturated heterocycles. The molecule has 0 aliphatic heterocycles. The van der Waals surface area contributed by atoms with E-state index in [1.807, 2.05) is 32.0 Å². The highest BCUT2D eigenvalue weighted by atomic mass is 32.2. The number of amides is 1. The van der Waals surface area contributed by atoms with Crippen molar-refractivity contribution < 1.29 is 22.0 Å². The van der Waals surface area contributed by atoms with Gasteiger partial charge in [-0.25, -0.2) is 12.8 Å². The van der Waals surface area contributed by atoms with Crippen molar-refractivity contribution >= 4 is 27.6 Å². The third kappa shape index (κ3) is 5.07. The maximum absolute atomic E-state index is 13.0. The van der Waals surface area contributed by atoms with E-state index >= 15 is 0 Å². The minimum absolute atomic E-state index is 0.0592. The van der Waals surface area contributed by atoms with Gasteiger partial charge in [0.1, 0.15) is 5.82 Å². The first-order valence-corrected chi connectivity index (χ1v) is 11.3. The molecule has 1 heterocycles. The van der Waals surface area contributed by atoms with Gasteiger partial charge in [0.15, 0.2) is 0 Å². The van der Waals surface area contributed by atoms with Gasteiger partial charge in [-0.1, -0.05) is 22.8 Å². The second-order valence-electron chi connectivity index (χ2n) is 7.32. The van der Waals surface area contributed by atoms with Crippen LogP contribution in [0.2, 0.25) is 0 Å². The molecular formula is C23H19FN4O4S. The Balaban J connectivity index is 1.44. The number of nitrogens with zero attached hydrogens (tertiary/aromatic N) is 2. The molecule has 3 aromatic carbocycles. The van der Waals surface area contributed by atoms with Crippen LogP contribution in [-0.4, -0.2) is 24.5 Å². The molecule has 0 aliphatic carbocycles. The van der Waals surface area contributed by atoms with Crippen LogP contribution in [0.5, 0.6) is 0 Å². The van der Waals surface area contributed by atoms with Crippen LogP contribution in [0.3, 0.4) is 0 Å². The predicted molar refractivity (Wildman–Crippen MR) is 121 cm³/mol. The van der Waals surface area contributed by atoms with Gasteiger partial charge in [0.2, 0.25) is 5.89 Å². The zero-order valence-electron chi connectivity index (χ0n) is 17.7. The molecule has 168 valence electrons. The Labute approximate surface area is 189 Å². The number of aromatic nitrogens is 2. The molecule has 0 atom stereocenters. The Hall–Kier alpha value is -4.05. The largest absolute Gasteiger partial charge is 0.403 e. The number of halogens is 1. The summed E-state index contributed by atoms with van der Waals surface area (Å²) < 4.78 is 45.8. The van der Waals surface area contributed by atoms with Crippen LogP contribution < -0.4 is 10.0 Å². The van der Waals surface area contributed by atoms with Gasteiger partial charge >= 0.3 is 6.01 Å². The molecule has 4 aromatic rings. The van der Waals surface area contributed by atoms with E-state index in [0.717, 1.165) is 41.0 Å². The molecular weight excluding hydrogens is 447 g/mol. The van der Waals surface area contributed by atoms with Crippen LogP contribution in [0.4, 0.5) is 16.1 Å². The first kappa shape index (κ1) is 22.2. The van der Waals surface area contributed by atoms with Crippen molar-refractivity contribution in [3.05, 3.63) is 89.2 Å². The summed E-state index contributed by atoms with van der Waals surface area (Å²) in [5, 5.41) is 10.4. The lowest BCUT2D eigenvalue weighted by molar-refractivity contribution is 0.102. The van der Waals surface area contributed by atoms with Gasteiger partial charge in [0.05, 0.1) is 4.90 Å². The molecule has 0 bridgehead atoms. The highest BCUT2D eigenvalue weighted by Gasteiger charge is 2.16. The number of aryl methyl sites for hydroxylation is 2. The quantitative estimate of drug-likeness (QED) is 0.431. The molecule has 10 heteroatoms. The molecule has 1 aromatic heterocycles. The molecule has 33 heavy (non-hydrogen) atoms. The van der Waals surface area contributed by atoms with Crippen LogP contribution in [0.15, 0.2) is 76.0 Å².